The van der Waals surface area contributed by atoms with Crippen LogP contribution in [-0.4, -0.2) is 22.1 Å². The summed E-state index contributed by atoms with van der Waals surface area (Å²) in [6.07, 6.45) is 7.75. The second kappa shape index (κ2) is 7.94. The van der Waals surface area contributed by atoms with Crippen molar-refractivity contribution in [1.82, 2.24) is 14.9 Å². The molecule has 0 spiro atoms. The van der Waals surface area contributed by atoms with E-state index >= 15 is 0 Å². The number of fused-ring (bicyclic) bond motifs is 1. The van der Waals surface area contributed by atoms with Crippen molar-refractivity contribution >= 4 is 5.91 Å². The van der Waals surface area contributed by atoms with E-state index in [-0.39, 0.29) is 11.5 Å². The molecule has 6 nitrogen and oxygen atoms in total. The van der Waals surface area contributed by atoms with Gasteiger partial charge >= 0.3 is 0 Å². The molecule has 1 fully saturated rings. The van der Waals surface area contributed by atoms with E-state index in [0.29, 0.717) is 36.9 Å². The highest BCUT2D eigenvalue weighted by Gasteiger charge is 2.26. The fourth-order valence-electron chi connectivity index (χ4n) is 3.53. The minimum atomic E-state index is -0.197. The van der Waals surface area contributed by atoms with Crippen LogP contribution in [0.2, 0.25) is 0 Å². The molecule has 0 unspecified atom stereocenters. The number of carbonyl (C=O) groups excluding carboxylic acids is 1. The van der Waals surface area contributed by atoms with Crippen LogP contribution in [0.1, 0.15) is 53.8 Å². The van der Waals surface area contributed by atoms with Gasteiger partial charge in [-0.05, 0) is 50.2 Å². The van der Waals surface area contributed by atoms with E-state index < -0.39 is 0 Å². The molecule has 0 bridgehead atoms. The Morgan fingerprint density at radius 2 is 2.15 bits per heavy atom. The normalized spacial score (nSPS) is 16.3. The quantitative estimate of drug-likeness (QED) is 0.852. The first-order valence-corrected chi connectivity index (χ1v) is 9.80. The van der Waals surface area contributed by atoms with Crippen molar-refractivity contribution in [2.45, 2.75) is 51.6 Å². The van der Waals surface area contributed by atoms with Crippen molar-refractivity contribution in [3.05, 3.63) is 57.8 Å². The third-order valence-corrected chi connectivity index (χ3v) is 5.23. The molecular formula is C21H25N3O3. The Morgan fingerprint density at radius 1 is 1.26 bits per heavy atom. The second-order valence-corrected chi connectivity index (χ2v) is 7.39. The molecule has 4 rings (SSSR count). The van der Waals surface area contributed by atoms with Crippen LogP contribution in [0, 0.1) is 5.92 Å². The molecule has 0 aromatic carbocycles. The molecule has 1 amide bonds. The third kappa shape index (κ3) is 4.21. The van der Waals surface area contributed by atoms with Crippen LogP contribution in [0.3, 0.4) is 0 Å². The zero-order valence-corrected chi connectivity index (χ0v) is 15.4. The predicted molar refractivity (Wildman–Crippen MR) is 102 cm³/mol. The Kier molecular flexibility index (Phi) is 5.23. The maximum Gasteiger partial charge on any atom is 0.257 e. The Morgan fingerprint density at radius 3 is 2.93 bits per heavy atom. The van der Waals surface area contributed by atoms with Gasteiger partial charge in [0.1, 0.15) is 11.3 Å². The Hall–Kier alpha value is -2.63. The highest BCUT2D eigenvalue weighted by Crippen LogP contribution is 2.31. The summed E-state index contributed by atoms with van der Waals surface area (Å²) < 4.78 is 7.69. The molecule has 2 aromatic heterocycles. The summed E-state index contributed by atoms with van der Waals surface area (Å²) in [4.78, 5) is 29.9. The van der Waals surface area contributed by atoms with E-state index in [2.05, 4.69) is 10.3 Å². The van der Waals surface area contributed by atoms with E-state index in [9.17, 15) is 9.59 Å². The molecule has 0 atom stereocenters. The highest BCUT2D eigenvalue weighted by molar-refractivity contribution is 5.98. The van der Waals surface area contributed by atoms with Gasteiger partial charge in [0.05, 0.1) is 18.8 Å². The number of hydrogen-bond acceptors (Lipinski definition) is 4. The summed E-state index contributed by atoms with van der Waals surface area (Å²) >= 11 is 0. The lowest BCUT2D eigenvalue weighted by Crippen LogP contribution is -2.31. The first kappa shape index (κ1) is 17.8. The van der Waals surface area contributed by atoms with Crippen molar-refractivity contribution in [2.75, 3.05) is 6.61 Å². The summed E-state index contributed by atoms with van der Waals surface area (Å²) in [7, 11) is 0. The van der Waals surface area contributed by atoms with Gasteiger partial charge < -0.3 is 14.6 Å². The van der Waals surface area contributed by atoms with E-state index in [0.717, 1.165) is 49.9 Å². The van der Waals surface area contributed by atoms with Gasteiger partial charge in [-0.15, -0.1) is 0 Å². The van der Waals surface area contributed by atoms with Gasteiger partial charge in [-0.1, -0.05) is 12.5 Å². The molecular weight excluding hydrogens is 342 g/mol. The molecule has 27 heavy (non-hydrogen) atoms. The van der Waals surface area contributed by atoms with Crippen LogP contribution in [0.5, 0.6) is 5.75 Å². The standard InChI is InChI=1S/C21H25N3O3/c25-19-12-18(27-14-15-8-9-15)20(17-7-2-1-5-11-24(17)19)21(26)23-13-16-6-3-4-10-22-16/h3-4,6,10,12,15H,1-2,5,7-9,11,13-14H2,(H,23,26). The lowest BCUT2D eigenvalue weighted by Gasteiger charge is -2.18. The largest absolute Gasteiger partial charge is 0.492 e. The summed E-state index contributed by atoms with van der Waals surface area (Å²) in [5, 5.41) is 2.95. The maximum atomic E-state index is 13.1. The van der Waals surface area contributed by atoms with Crippen LogP contribution in [-0.2, 0) is 19.5 Å². The van der Waals surface area contributed by atoms with E-state index in [1.54, 1.807) is 10.8 Å². The molecule has 2 aliphatic rings. The number of ether oxygens (including phenoxy) is 1. The Labute approximate surface area is 158 Å². The maximum absolute atomic E-state index is 13.1. The lowest BCUT2D eigenvalue weighted by atomic mass is 10.1. The summed E-state index contributed by atoms with van der Waals surface area (Å²) in [5.74, 6) is 0.784. The number of rotatable bonds is 6. The molecule has 0 saturated heterocycles. The molecule has 6 heteroatoms. The number of carbonyl (C=O) groups is 1. The van der Waals surface area contributed by atoms with Crippen molar-refractivity contribution in [3.63, 3.8) is 0 Å². The Bertz CT molecular complexity index is 872. The summed E-state index contributed by atoms with van der Waals surface area (Å²) in [6.45, 7) is 1.58. The fourth-order valence-corrected chi connectivity index (χ4v) is 3.53. The zero-order chi connectivity index (χ0) is 18.6. The van der Waals surface area contributed by atoms with E-state index in [1.807, 2.05) is 18.2 Å². The van der Waals surface area contributed by atoms with Gasteiger partial charge in [0.15, 0.2) is 0 Å². The molecule has 0 radical (unpaired) electrons. The van der Waals surface area contributed by atoms with Crippen molar-refractivity contribution in [2.24, 2.45) is 5.92 Å². The molecule has 2 aromatic rings. The smallest absolute Gasteiger partial charge is 0.257 e. The summed E-state index contributed by atoms with van der Waals surface area (Å²) in [6, 6.07) is 7.11. The van der Waals surface area contributed by atoms with Gasteiger partial charge in [0.25, 0.3) is 11.5 Å². The van der Waals surface area contributed by atoms with Gasteiger partial charge in [0.2, 0.25) is 0 Å². The van der Waals surface area contributed by atoms with E-state index in [1.165, 1.54) is 6.07 Å². The SMILES string of the molecule is O=C(NCc1ccccn1)c1c(OCC2CC2)cc(=O)n2c1CCCCC2. The topological polar surface area (TPSA) is 73.2 Å². The fraction of sp³-hybridized carbons (Fsp3) is 0.476. The number of aromatic nitrogens is 2. The average Bonchev–Trinajstić information content (AvgIpc) is 3.52. The minimum Gasteiger partial charge on any atom is -0.492 e. The first-order valence-electron chi connectivity index (χ1n) is 9.80. The monoisotopic (exact) mass is 367 g/mol. The number of hydrogen-bond donors (Lipinski definition) is 1. The highest BCUT2D eigenvalue weighted by atomic mass is 16.5. The van der Waals surface area contributed by atoms with Crippen molar-refractivity contribution in [1.29, 1.82) is 0 Å². The lowest BCUT2D eigenvalue weighted by molar-refractivity contribution is 0.0943. The molecule has 1 N–H and O–H groups in total. The summed E-state index contributed by atoms with van der Waals surface area (Å²) in [5.41, 5.74) is 2.06. The minimum absolute atomic E-state index is 0.0704. The number of pyridine rings is 2. The number of amides is 1. The molecule has 1 saturated carbocycles. The number of nitrogens with zero attached hydrogens (tertiary/aromatic N) is 2. The van der Waals surface area contributed by atoms with Gasteiger partial charge in [-0.2, -0.15) is 0 Å². The number of nitrogens with one attached hydrogen (secondary N) is 1. The van der Waals surface area contributed by atoms with Crippen LogP contribution in [0.25, 0.3) is 0 Å². The average molecular weight is 367 g/mol. The predicted octanol–water partition coefficient (Wildman–Crippen LogP) is 2.69. The van der Waals surface area contributed by atoms with Crippen molar-refractivity contribution < 1.29 is 9.53 Å². The Balaban J connectivity index is 1.64. The van der Waals surface area contributed by atoms with Crippen molar-refractivity contribution in [3.8, 4) is 5.75 Å². The van der Waals surface area contributed by atoms with E-state index in [4.69, 9.17) is 4.74 Å². The second-order valence-electron chi connectivity index (χ2n) is 7.39. The van der Waals surface area contributed by atoms with Gasteiger partial charge in [0, 0.05) is 24.5 Å². The van der Waals surface area contributed by atoms with Gasteiger partial charge in [-0.3, -0.25) is 14.6 Å². The van der Waals surface area contributed by atoms with Crippen LogP contribution < -0.4 is 15.6 Å². The van der Waals surface area contributed by atoms with Crippen LogP contribution in [0.15, 0.2) is 35.3 Å². The molecule has 1 aliphatic heterocycles. The van der Waals surface area contributed by atoms with Crippen LogP contribution in [0.4, 0.5) is 0 Å². The van der Waals surface area contributed by atoms with Crippen LogP contribution >= 0.6 is 0 Å². The molecule has 142 valence electrons. The zero-order valence-electron chi connectivity index (χ0n) is 15.4. The van der Waals surface area contributed by atoms with Gasteiger partial charge in [-0.25, -0.2) is 0 Å². The molecule has 1 aliphatic carbocycles. The first-order chi connectivity index (χ1) is 13.2. The third-order valence-electron chi connectivity index (χ3n) is 5.23. The molecule has 3 heterocycles.